The van der Waals surface area contributed by atoms with Crippen LogP contribution in [0.1, 0.15) is 40.0 Å². The minimum atomic E-state index is 0.106. The van der Waals surface area contributed by atoms with Gasteiger partial charge in [0.2, 0.25) is 0 Å². The molecule has 1 saturated heterocycles. The Hall–Kier alpha value is -0.220. The van der Waals surface area contributed by atoms with Crippen LogP contribution in [0.15, 0.2) is 4.99 Å². The maximum atomic E-state index is 5.46. The van der Waals surface area contributed by atoms with Crippen molar-refractivity contribution < 1.29 is 4.74 Å². The van der Waals surface area contributed by atoms with E-state index < -0.39 is 0 Å². The highest BCUT2D eigenvalue weighted by Crippen LogP contribution is 2.31. The van der Waals surface area contributed by atoms with Crippen LogP contribution in [-0.2, 0) is 4.74 Å². The molecule has 3 nitrogen and oxygen atoms in total. The molecule has 0 aromatic heterocycles. The van der Waals surface area contributed by atoms with Gasteiger partial charge in [-0.3, -0.25) is 4.99 Å². The van der Waals surface area contributed by atoms with E-state index in [9.17, 15) is 0 Å². The number of ether oxygens (including phenoxy) is 1. The molecule has 2 aliphatic rings. The van der Waals surface area contributed by atoms with Crippen LogP contribution in [0.2, 0.25) is 0 Å². The normalized spacial score (nSPS) is 33.2. The monoisotopic (exact) mass is 256 g/mol. The fraction of sp³-hybridized carbons (Fsp3) is 0.923. The third-order valence-corrected chi connectivity index (χ3v) is 5.17. The predicted molar refractivity (Wildman–Crippen MR) is 74.7 cm³/mol. The SMILES string of the molecule is CCC(CC)C1CN=C(NC2(C)CCOC2)S1. The van der Waals surface area contributed by atoms with Crippen molar-refractivity contribution >= 4 is 16.9 Å². The molecule has 1 N–H and O–H groups in total. The Balaban J connectivity index is 1.85. The third-order valence-electron chi connectivity index (χ3n) is 3.88. The Bertz CT molecular complexity index is 283. The van der Waals surface area contributed by atoms with E-state index in [4.69, 9.17) is 4.74 Å². The van der Waals surface area contributed by atoms with E-state index in [0.717, 1.165) is 37.3 Å². The molecule has 0 aliphatic carbocycles. The number of hydrogen-bond donors (Lipinski definition) is 1. The summed E-state index contributed by atoms with van der Waals surface area (Å²) in [5.74, 6) is 0.802. The molecule has 0 aromatic rings. The minimum absolute atomic E-state index is 0.106. The summed E-state index contributed by atoms with van der Waals surface area (Å²) in [6.45, 7) is 9.46. The van der Waals surface area contributed by atoms with Crippen molar-refractivity contribution in [2.24, 2.45) is 10.9 Å². The molecule has 0 spiro atoms. The van der Waals surface area contributed by atoms with Gasteiger partial charge in [-0.15, -0.1) is 0 Å². The van der Waals surface area contributed by atoms with Crippen LogP contribution in [0, 0.1) is 5.92 Å². The maximum absolute atomic E-state index is 5.46. The zero-order chi connectivity index (χ0) is 12.3. The lowest BCUT2D eigenvalue weighted by Crippen LogP contribution is -2.45. The van der Waals surface area contributed by atoms with Crippen molar-refractivity contribution in [1.29, 1.82) is 0 Å². The first-order valence-electron chi connectivity index (χ1n) is 6.74. The van der Waals surface area contributed by atoms with Crippen LogP contribution in [0.3, 0.4) is 0 Å². The number of rotatable bonds is 4. The van der Waals surface area contributed by atoms with Crippen molar-refractivity contribution in [2.45, 2.75) is 50.8 Å². The third kappa shape index (κ3) is 3.16. The molecule has 0 aromatic carbocycles. The van der Waals surface area contributed by atoms with Crippen LogP contribution >= 0.6 is 11.8 Å². The van der Waals surface area contributed by atoms with E-state index in [1.165, 1.54) is 12.8 Å². The van der Waals surface area contributed by atoms with E-state index in [1.54, 1.807) is 0 Å². The highest BCUT2D eigenvalue weighted by molar-refractivity contribution is 8.14. The molecule has 0 saturated carbocycles. The number of amidine groups is 1. The lowest BCUT2D eigenvalue weighted by molar-refractivity contribution is 0.177. The molecule has 17 heavy (non-hydrogen) atoms. The molecule has 2 rings (SSSR count). The van der Waals surface area contributed by atoms with E-state index in [0.29, 0.717) is 5.25 Å². The van der Waals surface area contributed by atoms with Gasteiger partial charge in [0.05, 0.1) is 18.7 Å². The minimum Gasteiger partial charge on any atom is -0.379 e. The first-order valence-corrected chi connectivity index (χ1v) is 7.62. The Morgan fingerprint density at radius 3 is 2.88 bits per heavy atom. The Morgan fingerprint density at radius 1 is 1.53 bits per heavy atom. The molecule has 4 heteroatoms. The number of hydrogen-bond acceptors (Lipinski definition) is 4. The molecule has 1 fully saturated rings. The van der Waals surface area contributed by atoms with Crippen LogP contribution in [-0.4, -0.2) is 35.7 Å². The molecular formula is C13H24N2OS. The second-order valence-electron chi connectivity index (χ2n) is 5.37. The molecule has 2 unspecified atom stereocenters. The second kappa shape index (κ2) is 5.61. The highest BCUT2D eigenvalue weighted by atomic mass is 32.2. The summed E-state index contributed by atoms with van der Waals surface area (Å²) in [6, 6.07) is 0. The molecule has 0 bridgehead atoms. The summed E-state index contributed by atoms with van der Waals surface area (Å²) in [6.07, 6.45) is 3.61. The molecule has 2 atom stereocenters. The summed E-state index contributed by atoms with van der Waals surface area (Å²) in [4.78, 5) is 4.66. The van der Waals surface area contributed by atoms with Crippen LogP contribution in [0.4, 0.5) is 0 Å². The van der Waals surface area contributed by atoms with Gasteiger partial charge in [-0.05, 0) is 19.3 Å². The summed E-state index contributed by atoms with van der Waals surface area (Å²) in [5.41, 5.74) is 0.106. The average Bonchev–Trinajstić information content (AvgIpc) is 2.91. The van der Waals surface area contributed by atoms with Crippen LogP contribution in [0.5, 0.6) is 0 Å². The standard InChI is InChI=1S/C13H24N2OS/c1-4-10(5-2)11-8-14-12(17-11)15-13(3)6-7-16-9-13/h10-11H,4-9H2,1-3H3,(H,14,15). The fourth-order valence-corrected chi connectivity index (χ4v) is 4.01. The zero-order valence-corrected chi connectivity index (χ0v) is 12.0. The molecule has 2 aliphatic heterocycles. The number of thioether (sulfide) groups is 1. The number of aliphatic imine (C=N–C) groups is 1. The summed E-state index contributed by atoms with van der Waals surface area (Å²) in [5, 5.41) is 5.39. The fourth-order valence-electron chi connectivity index (χ4n) is 2.54. The van der Waals surface area contributed by atoms with Crippen molar-refractivity contribution in [3.05, 3.63) is 0 Å². The van der Waals surface area contributed by atoms with Gasteiger partial charge in [0, 0.05) is 11.9 Å². The van der Waals surface area contributed by atoms with E-state index in [2.05, 4.69) is 31.1 Å². The zero-order valence-electron chi connectivity index (χ0n) is 11.2. The van der Waals surface area contributed by atoms with E-state index in [-0.39, 0.29) is 5.54 Å². The first kappa shape index (κ1) is 13.2. The van der Waals surface area contributed by atoms with Gasteiger partial charge in [0.15, 0.2) is 5.17 Å². The van der Waals surface area contributed by atoms with E-state index in [1.807, 2.05) is 11.8 Å². The van der Waals surface area contributed by atoms with Crippen LogP contribution in [0.25, 0.3) is 0 Å². The Kier molecular flexibility index (Phi) is 4.36. The first-order chi connectivity index (χ1) is 8.17. The largest absolute Gasteiger partial charge is 0.379 e. The van der Waals surface area contributed by atoms with Gasteiger partial charge in [0.1, 0.15) is 0 Å². The molecule has 0 amide bonds. The highest BCUT2D eigenvalue weighted by Gasteiger charge is 2.33. The summed E-state index contributed by atoms with van der Waals surface area (Å²) < 4.78 is 5.46. The van der Waals surface area contributed by atoms with Gasteiger partial charge in [-0.2, -0.15) is 0 Å². The van der Waals surface area contributed by atoms with Crippen molar-refractivity contribution in [2.75, 3.05) is 19.8 Å². The Labute approximate surface area is 109 Å². The molecule has 2 heterocycles. The van der Waals surface area contributed by atoms with Gasteiger partial charge in [0.25, 0.3) is 0 Å². The molecule has 0 radical (unpaired) electrons. The lowest BCUT2D eigenvalue weighted by atomic mass is 9.99. The van der Waals surface area contributed by atoms with Crippen molar-refractivity contribution in [1.82, 2.24) is 5.32 Å². The summed E-state index contributed by atoms with van der Waals surface area (Å²) >= 11 is 1.94. The lowest BCUT2D eigenvalue weighted by Gasteiger charge is -2.25. The Morgan fingerprint density at radius 2 is 2.29 bits per heavy atom. The van der Waals surface area contributed by atoms with Crippen molar-refractivity contribution in [3.63, 3.8) is 0 Å². The van der Waals surface area contributed by atoms with Crippen molar-refractivity contribution in [3.8, 4) is 0 Å². The van der Waals surface area contributed by atoms with E-state index >= 15 is 0 Å². The summed E-state index contributed by atoms with van der Waals surface area (Å²) in [7, 11) is 0. The van der Waals surface area contributed by atoms with Gasteiger partial charge >= 0.3 is 0 Å². The van der Waals surface area contributed by atoms with Crippen LogP contribution < -0.4 is 5.32 Å². The molecular weight excluding hydrogens is 232 g/mol. The van der Waals surface area contributed by atoms with Gasteiger partial charge in [-0.25, -0.2) is 0 Å². The second-order valence-corrected chi connectivity index (χ2v) is 6.59. The number of nitrogens with one attached hydrogen (secondary N) is 1. The topological polar surface area (TPSA) is 33.6 Å². The van der Waals surface area contributed by atoms with Gasteiger partial charge < -0.3 is 10.1 Å². The smallest absolute Gasteiger partial charge is 0.157 e. The molecule has 98 valence electrons. The number of nitrogens with zero attached hydrogens (tertiary/aromatic N) is 1. The average molecular weight is 256 g/mol. The van der Waals surface area contributed by atoms with Gasteiger partial charge in [-0.1, -0.05) is 38.5 Å². The quantitative estimate of drug-likeness (QED) is 0.839. The predicted octanol–water partition coefficient (Wildman–Crippen LogP) is 2.66. The maximum Gasteiger partial charge on any atom is 0.157 e.